The van der Waals surface area contributed by atoms with Crippen molar-refractivity contribution in [3.63, 3.8) is 0 Å². The smallest absolute Gasteiger partial charge is 0.228 e. The van der Waals surface area contributed by atoms with Gasteiger partial charge in [-0.2, -0.15) is 0 Å². The fourth-order valence-electron chi connectivity index (χ4n) is 4.62. The molecule has 2 aliphatic rings. The topological polar surface area (TPSA) is 40.6 Å². The number of benzene rings is 2. The minimum Gasteiger partial charge on any atom is -0.342 e. The van der Waals surface area contributed by atoms with Crippen molar-refractivity contribution in [2.24, 2.45) is 5.92 Å². The van der Waals surface area contributed by atoms with Crippen molar-refractivity contribution in [1.82, 2.24) is 4.90 Å². The van der Waals surface area contributed by atoms with Crippen LogP contribution in [0.25, 0.3) is 0 Å². The number of likely N-dealkylation sites (tertiary alicyclic amines) is 1. The van der Waals surface area contributed by atoms with Crippen LogP contribution in [0.5, 0.6) is 0 Å². The molecule has 4 rings (SSSR count). The van der Waals surface area contributed by atoms with Crippen LogP contribution in [0.4, 0.5) is 5.69 Å². The molecule has 0 radical (unpaired) electrons. The number of rotatable bonds is 3. The van der Waals surface area contributed by atoms with Gasteiger partial charge in [0.2, 0.25) is 11.8 Å². The van der Waals surface area contributed by atoms with Gasteiger partial charge in [-0.15, -0.1) is 0 Å². The van der Waals surface area contributed by atoms with Crippen LogP contribution >= 0.6 is 11.6 Å². The Kier molecular flexibility index (Phi) is 6.14. The molecule has 2 heterocycles. The molecule has 2 fully saturated rings. The van der Waals surface area contributed by atoms with E-state index in [0.717, 1.165) is 48.6 Å². The average Bonchev–Trinajstić information content (AvgIpc) is 2.96. The number of hydrogen-bond donors (Lipinski definition) is 0. The van der Waals surface area contributed by atoms with Crippen LogP contribution in [0.1, 0.15) is 48.3 Å². The van der Waals surface area contributed by atoms with Gasteiger partial charge in [0.15, 0.2) is 0 Å². The largest absolute Gasteiger partial charge is 0.342 e. The molecule has 2 aromatic carbocycles. The predicted molar refractivity (Wildman–Crippen MR) is 121 cm³/mol. The minimum absolute atomic E-state index is 0.0423. The first-order chi connectivity index (χ1) is 14.4. The van der Waals surface area contributed by atoms with Crippen LogP contribution in [0.3, 0.4) is 0 Å². The first-order valence-corrected chi connectivity index (χ1v) is 11.2. The molecule has 0 saturated carbocycles. The molecule has 0 bridgehead atoms. The van der Waals surface area contributed by atoms with Crippen molar-refractivity contribution < 1.29 is 9.59 Å². The van der Waals surface area contributed by atoms with E-state index in [2.05, 4.69) is 26.0 Å². The minimum atomic E-state index is -0.261. The second-order valence-electron chi connectivity index (χ2n) is 8.70. The van der Waals surface area contributed by atoms with Gasteiger partial charge in [-0.25, -0.2) is 0 Å². The Balaban J connectivity index is 1.47. The lowest BCUT2D eigenvalue weighted by Crippen LogP contribution is -2.39. The summed E-state index contributed by atoms with van der Waals surface area (Å²) in [5, 5.41) is 0.733. The van der Waals surface area contributed by atoms with Crippen molar-refractivity contribution in [3.05, 3.63) is 64.2 Å². The van der Waals surface area contributed by atoms with Crippen LogP contribution < -0.4 is 4.90 Å². The van der Waals surface area contributed by atoms with E-state index < -0.39 is 0 Å². The average molecular weight is 425 g/mol. The molecule has 0 aromatic heterocycles. The van der Waals surface area contributed by atoms with E-state index in [1.165, 1.54) is 11.1 Å². The first-order valence-electron chi connectivity index (χ1n) is 10.8. The lowest BCUT2D eigenvalue weighted by atomic mass is 9.94. The standard InChI is InChI=1S/C25H29ClN2O2/c1-17-6-11-23(13-18(17)2)28-16-21(14-24(28)29)25(30)27-12-4-3-5-20(15-27)19-7-9-22(26)10-8-19/h6-11,13,20-21H,3-5,12,14-16H2,1-2H3. The van der Waals surface area contributed by atoms with Crippen LogP contribution in [-0.4, -0.2) is 36.3 Å². The Morgan fingerprint density at radius 3 is 2.50 bits per heavy atom. The highest BCUT2D eigenvalue weighted by molar-refractivity contribution is 6.30. The molecule has 2 saturated heterocycles. The van der Waals surface area contributed by atoms with Crippen LogP contribution in [0.2, 0.25) is 5.02 Å². The molecule has 30 heavy (non-hydrogen) atoms. The fourth-order valence-corrected chi connectivity index (χ4v) is 4.75. The number of anilines is 1. The van der Waals surface area contributed by atoms with Gasteiger partial charge in [-0.1, -0.05) is 36.2 Å². The maximum Gasteiger partial charge on any atom is 0.228 e. The van der Waals surface area contributed by atoms with Gasteiger partial charge in [-0.05, 0) is 67.6 Å². The zero-order valence-electron chi connectivity index (χ0n) is 17.7. The van der Waals surface area contributed by atoms with E-state index >= 15 is 0 Å². The molecule has 2 aliphatic heterocycles. The predicted octanol–water partition coefficient (Wildman–Crippen LogP) is 5.11. The highest BCUT2D eigenvalue weighted by atomic mass is 35.5. The zero-order valence-corrected chi connectivity index (χ0v) is 18.5. The highest BCUT2D eigenvalue weighted by Crippen LogP contribution is 2.31. The van der Waals surface area contributed by atoms with Gasteiger partial charge in [0.05, 0.1) is 5.92 Å². The van der Waals surface area contributed by atoms with Crippen molar-refractivity contribution in [2.45, 2.75) is 45.4 Å². The summed E-state index contributed by atoms with van der Waals surface area (Å²) in [4.78, 5) is 29.8. The zero-order chi connectivity index (χ0) is 21.3. The molecule has 2 amide bonds. The second kappa shape index (κ2) is 8.81. The molecule has 5 heteroatoms. The number of carbonyl (C=O) groups is 2. The van der Waals surface area contributed by atoms with E-state index in [-0.39, 0.29) is 17.7 Å². The number of carbonyl (C=O) groups excluding carboxylic acids is 2. The van der Waals surface area contributed by atoms with Gasteiger partial charge < -0.3 is 9.80 Å². The molecule has 2 aromatic rings. The molecule has 158 valence electrons. The van der Waals surface area contributed by atoms with Gasteiger partial charge in [0.1, 0.15) is 0 Å². The monoisotopic (exact) mass is 424 g/mol. The number of nitrogens with zero attached hydrogens (tertiary/aromatic N) is 2. The van der Waals surface area contributed by atoms with Gasteiger partial charge in [-0.3, -0.25) is 9.59 Å². The number of amides is 2. The lowest BCUT2D eigenvalue weighted by Gasteiger charge is -2.27. The molecule has 0 N–H and O–H groups in total. The number of aryl methyl sites for hydroxylation is 2. The summed E-state index contributed by atoms with van der Waals surface area (Å²) in [6.45, 7) is 6.08. The Labute approximate surface area is 183 Å². The summed E-state index contributed by atoms with van der Waals surface area (Å²) >= 11 is 6.04. The molecular weight excluding hydrogens is 396 g/mol. The van der Waals surface area contributed by atoms with E-state index in [9.17, 15) is 9.59 Å². The molecule has 0 spiro atoms. The molecular formula is C25H29ClN2O2. The van der Waals surface area contributed by atoms with E-state index in [1.807, 2.05) is 35.2 Å². The van der Waals surface area contributed by atoms with Crippen molar-refractivity contribution >= 4 is 29.1 Å². The third-order valence-electron chi connectivity index (χ3n) is 6.60. The van der Waals surface area contributed by atoms with E-state index in [0.29, 0.717) is 18.9 Å². The molecule has 2 atom stereocenters. The lowest BCUT2D eigenvalue weighted by molar-refractivity contribution is -0.135. The molecule has 4 nitrogen and oxygen atoms in total. The normalized spacial score (nSPS) is 22.3. The second-order valence-corrected chi connectivity index (χ2v) is 9.14. The summed E-state index contributed by atoms with van der Waals surface area (Å²) in [6.07, 6.45) is 3.49. The Morgan fingerprint density at radius 2 is 1.77 bits per heavy atom. The van der Waals surface area contributed by atoms with Crippen molar-refractivity contribution in [3.8, 4) is 0 Å². The Bertz CT molecular complexity index is 941. The third-order valence-corrected chi connectivity index (χ3v) is 6.85. The van der Waals surface area contributed by atoms with Crippen molar-refractivity contribution in [2.75, 3.05) is 24.5 Å². The summed E-state index contributed by atoms with van der Waals surface area (Å²) in [6, 6.07) is 14.1. The number of hydrogen-bond acceptors (Lipinski definition) is 2. The van der Waals surface area contributed by atoms with Crippen LogP contribution in [0.15, 0.2) is 42.5 Å². The summed E-state index contributed by atoms with van der Waals surface area (Å²) in [5.41, 5.74) is 4.50. The maximum atomic E-state index is 13.4. The summed E-state index contributed by atoms with van der Waals surface area (Å²) in [5.74, 6) is 0.223. The SMILES string of the molecule is Cc1ccc(N2CC(C(=O)N3CCCCC(c4ccc(Cl)cc4)C3)CC2=O)cc1C. The Morgan fingerprint density at radius 1 is 1.00 bits per heavy atom. The number of halogens is 1. The summed E-state index contributed by atoms with van der Waals surface area (Å²) < 4.78 is 0. The van der Waals surface area contributed by atoms with Gasteiger partial charge in [0.25, 0.3) is 0 Å². The Hall–Kier alpha value is -2.33. The van der Waals surface area contributed by atoms with Crippen LogP contribution in [-0.2, 0) is 9.59 Å². The van der Waals surface area contributed by atoms with Gasteiger partial charge >= 0.3 is 0 Å². The first kappa shape index (κ1) is 20.9. The fraction of sp³-hybridized carbons (Fsp3) is 0.440. The highest BCUT2D eigenvalue weighted by Gasteiger charge is 2.38. The van der Waals surface area contributed by atoms with E-state index in [1.54, 1.807) is 4.90 Å². The third kappa shape index (κ3) is 4.39. The van der Waals surface area contributed by atoms with E-state index in [4.69, 9.17) is 11.6 Å². The summed E-state index contributed by atoms with van der Waals surface area (Å²) in [7, 11) is 0. The maximum absolute atomic E-state index is 13.4. The quantitative estimate of drug-likeness (QED) is 0.687. The van der Waals surface area contributed by atoms with Crippen molar-refractivity contribution in [1.29, 1.82) is 0 Å². The van der Waals surface area contributed by atoms with Crippen LogP contribution in [0, 0.1) is 19.8 Å². The van der Waals surface area contributed by atoms with Gasteiger partial charge in [0, 0.05) is 42.7 Å². The molecule has 0 aliphatic carbocycles. The molecule has 2 unspecified atom stereocenters.